The van der Waals surface area contributed by atoms with Gasteiger partial charge in [0.2, 0.25) is 0 Å². The average molecular weight is 533 g/mol. The highest BCUT2D eigenvalue weighted by Crippen LogP contribution is 2.46. The highest BCUT2D eigenvalue weighted by Gasteiger charge is 2.34. The molecule has 6 heteroatoms. The maximum Gasteiger partial charge on any atom is 0.166 e. The van der Waals surface area contributed by atoms with Crippen molar-refractivity contribution in [1.29, 1.82) is 0 Å². The molecule has 0 unspecified atom stereocenters. The Morgan fingerprint density at radius 3 is 2.12 bits per heavy atom. The van der Waals surface area contributed by atoms with E-state index in [2.05, 4.69) is 36.4 Å². The topological polar surface area (TPSA) is 106 Å². The molecule has 0 radical (unpaired) electrons. The molecule has 0 saturated carbocycles. The number of aromatic hydroxyl groups is 4. The maximum atomic E-state index is 10.4. The first-order valence-electron chi connectivity index (χ1n) is 13.8. The highest BCUT2D eigenvalue weighted by molar-refractivity contribution is 5.87. The summed E-state index contributed by atoms with van der Waals surface area (Å²) in [5, 5.41) is 40.8. The number of phenols is 4. The van der Waals surface area contributed by atoms with E-state index in [1.807, 2.05) is 0 Å². The highest BCUT2D eigenvalue weighted by atomic mass is 16.3. The van der Waals surface area contributed by atoms with Crippen molar-refractivity contribution < 1.29 is 20.4 Å². The molecule has 2 aliphatic rings. The van der Waals surface area contributed by atoms with E-state index in [9.17, 15) is 20.4 Å². The largest absolute Gasteiger partial charge is 0.504 e. The minimum Gasteiger partial charge on any atom is -0.504 e. The summed E-state index contributed by atoms with van der Waals surface area (Å²) < 4.78 is 0. The summed E-state index contributed by atoms with van der Waals surface area (Å²) >= 11 is 0. The van der Waals surface area contributed by atoms with E-state index in [4.69, 9.17) is 9.98 Å². The van der Waals surface area contributed by atoms with E-state index in [0.717, 1.165) is 49.8 Å². The Morgan fingerprint density at radius 1 is 0.650 bits per heavy atom. The van der Waals surface area contributed by atoms with Crippen LogP contribution in [0.3, 0.4) is 0 Å². The lowest BCUT2D eigenvalue weighted by Crippen LogP contribution is -2.27. The normalized spacial score (nSPS) is 18.6. The number of hydrogen-bond donors (Lipinski definition) is 4. The van der Waals surface area contributed by atoms with E-state index in [0.29, 0.717) is 11.1 Å². The zero-order chi connectivity index (χ0) is 27.6. The van der Waals surface area contributed by atoms with E-state index in [1.54, 1.807) is 36.7 Å². The van der Waals surface area contributed by atoms with Gasteiger partial charge in [0.1, 0.15) is 0 Å². The van der Waals surface area contributed by atoms with Crippen LogP contribution in [0, 0.1) is 0 Å². The van der Waals surface area contributed by atoms with Crippen LogP contribution in [0.1, 0.15) is 64.1 Å². The first-order chi connectivity index (χ1) is 19.5. The van der Waals surface area contributed by atoms with Gasteiger partial charge in [-0.25, -0.2) is 0 Å². The number of para-hydroxylation sites is 2. The van der Waals surface area contributed by atoms with Crippen molar-refractivity contribution in [3.8, 4) is 23.0 Å². The van der Waals surface area contributed by atoms with Gasteiger partial charge >= 0.3 is 0 Å². The van der Waals surface area contributed by atoms with Crippen LogP contribution in [0.4, 0.5) is 5.69 Å². The molecule has 0 heterocycles. The van der Waals surface area contributed by atoms with Gasteiger partial charge in [0.15, 0.2) is 23.0 Å². The van der Waals surface area contributed by atoms with Crippen LogP contribution < -0.4 is 0 Å². The second kappa shape index (κ2) is 10.9. The fraction of sp³-hybridized carbons (Fsp3) is 0.235. The predicted molar refractivity (Wildman–Crippen MR) is 158 cm³/mol. The number of nitrogens with zero attached hydrogens (tertiary/aromatic N) is 2. The summed E-state index contributed by atoms with van der Waals surface area (Å²) in [7, 11) is 0. The molecule has 4 aromatic rings. The van der Waals surface area contributed by atoms with Gasteiger partial charge in [-0.15, -0.1) is 0 Å². The van der Waals surface area contributed by atoms with Crippen LogP contribution in [0.2, 0.25) is 0 Å². The summed E-state index contributed by atoms with van der Waals surface area (Å²) in [6.07, 6.45) is 9.27. The molecule has 6 rings (SSSR count). The Morgan fingerprint density at radius 2 is 1.35 bits per heavy atom. The lowest BCUT2D eigenvalue weighted by molar-refractivity contribution is 0.403. The summed E-state index contributed by atoms with van der Waals surface area (Å²) in [5.41, 5.74) is 8.10. The van der Waals surface area contributed by atoms with Crippen molar-refractivity contribution in [2.45, 2.75) is 50.5 Å². The average Bonchev–Trinajstić information content (AvgIpc) is 2.98. The molecule has 0 bridgehead atoms. The van der Waals surface area contributed by atoms with Gasteiger partial charge in [0, 0.05) is 29.5 Å². The molecule has 0 saturated heterocycles. The summed E-state index contributed by atoms with van der Waals surface area (Å²) in [6.45, 7) is 0. The molecule has 202 valence electrons. The van der Waals surface area contributed by atoms with Gasteiger partial charge in [0.25, 0.3) is 0 Å². The monoisotopic (exact) mass is 532 g/mol. The predicted octanol–water partition coefficient (Wildman–Crippen LogP) is 6.70. The van der Waals surface area contributed by atoms with Gasteiger partial charge in [0.05, 0.1) is 11.7 Å². The zero-order valence-electron chi connectivity index (χ0n) is 22.2. The lowest BCUT2D eigenvalue weighted by atomic mass is 9.72. The molecule has 0 amide bonds. The molecular weight excluding hydrogens is 500 g/mol. The van der Waals surface area contributed by atoms with Gasteiger partial charge in [-0.2, -0.15) is 0 Å². The van der Waals surface area contributed by atoms with Gasteiger partial charge < -0.3 is 20.4 Å². The van der Waals surface area contributed by atoms with Crippen LogP contribution >= 0.6 is 0 Å². The van der Waals surface area contributed by atoms with E-state index in [1.165, 1.54) is 34.4 Å². The molecule has 4 N–H and O–H groups in total. The van der Waals surface area contributed by atoms with Crippen molar-refractivity contribution in [1.82, 2.24) is 0 Å². The van der Waals surface area contributed by atoms with Crippen LogP contribution in [0.5, 0.6) is 23.0 Å². The number of aryl methyl sites for hydroxylation is 2. The van der Waals surface area contributed by atoms with E-state index in [-0.39, 0.29) is 35.0 Å². The van der Waals surface area contributed by atoms with Gasteiger partial charge in [-0.05, 0) is 96.7 Å². The molecular formula is C34H32N2O4. The number of benzene rings is 4. The summed E-state index contributed by atoms with van der Waals surface area (Å²) in [5.74, 6) is -0.771. The van der Waals surface area contributed by atoms with Crippen LogP contribution in [0.15, 0.2) is 82.8 Å². The molecule has 40 heavy (non-hydrogen) atoms. The lowest BCUT2D eigenvalue weighted by Gasteiger charge is -2.35. The zero-order valence-corrected chi connectivity index (χ0v) is 22.2. The molecule has 0 spiro atoms. The molecule has 0 aliphatic heterocycles. The second-order valence-corrected chi connectivity index (χ2v) is 10.6. The summed E-state index contributed by atoms with van der Waals surface area (Å²) in [6, 6.07) is 22.4. The number of hydrogen-bond acceptors (Lipinski definition) is 6. The van der Waals surface area contributed by atoms with Crippen molar-refractivity contribution in [3.05, 3.63) is 112 Å². The fourth-order valence-corrected chi connectivity index (χ4v) is 6.18. The third kappa shape index (κ3) is 4.81. The Bertz CT molecular complexity index is 1620. The first-order valence-corrected chi connectivity index (χ1v) is 13.8. The van der Waals surface area contributed by atoms with E-state index >= 15 is 0 Å². The van der Waals surface area contributed by atoms with Crippen molar-refractivity contribution in [2.24, 2.45) is 9.98 Å². The summed E-state index contributed by atoms with van der Waals surface area (Å²) in [4.78, 5) is 9.92. The van der Waals surface area contributed by atoms with Crippen molar-refractivity contribution in [3.63, 3.8) is 0 Å². The molecule has 0 fully saturated rings. The second-order valence-electron chi connectivity index (χ2n) is 10.6. The minimum absolute atomic E-state index is 0.0568. The number of fused-ring (bicyclic) bond motifs is 2. The van der Waals surface area contributed by atoms with Crippen LogP contribution in [0.25, 0.3) is 0 Å². The van der Waals surface area contributed by atoms with Crippen molar-refractivity contribution >= 4 is 18.1 Å². The van der Waals surface area contributed by atoms with Gasteiger partial charge in [-0.3, -0.25) is 9.98 Å². The third-order valence-electron chi connectivity index (χ3n) is 8.19. The Balaban J connectivity index is 1.51. The van der Waals surface area contributed by atoms with Crippen molar-refractivity contribution in [2.75, 3.05) is 0 Å². The maximum absolute atomic E-state index is 10.4. The van der Waals surface area contributed by atoms with E-state index < -0.39 is 0 Å². The molecule has 2 atom stereocenters. The Labute approximate surface area is 233 Å². The molecule has 4 aromatic carbocycles. The van der Waals surface area contributed by atoms with Crippen LogP contribution in [-0.4, -0.2) is 38.9 Å². The number of phenolic OH excluding ortho intramolecular Hbond substituents is 4. The standard InChI is InChI=1S/C34H32N2O4/c37-29-13-5-9-23(33(29)39)19-35-27-17-15-21-7-1-3-11-25(21)31(27)32-26-12-4-2-8-22(26)16-18-28(32)36-20-24-10-6-14-30(38)34(24)40/h1,3,5-7,9-11,13-14,16,18-20,27,31,37-40H,2,4,8,12,15,17H2/t27-,31+/m1/s1. The number of rotatable bonds is 5. The fourth-order valence-electron chi connectivity index (χ4n) is 6.18. The third-order valence-corrected chi connectivity index (χ3v) is 8.19. The first kappa shape index (κ1) is 25.7. The number of aliphatic imine (C=N–C) groups is 2. The van der Waals surface area contributed by atoms with Crippen LogP contribution in [-0.2, 0) is 19.3 Å². The Hall–Kier alpha value is -4.58. The minimum atomic E-state index is -0.192. The molecule has 0 aromatic heterocycles. The molecule has 6 nitrogen and oxygen atoms in total. The van der Waals surface area contributed by atoms with Gasteiger partial charge in [-0.1, -0.05) is 42.5 Å². The molecule has 2 aliphatic carbocycles. The smallest absolute Gasteiger partial charge is 0.166 e. The SMILES string of the molecule is Oc1cccc(C=Nc2ccc3c(c2[C@H]2c4ccccc4CC[C@H]2N=Cc2cccc(O)c2O)CCCC3)c1O. The quantitative estimate of drug-likeness (QED) is 0.169. The Kier molecular flexibility index (Phi) is 6.99.